The maximum absolute atomic E-state index is 12.6. The number of carbonyl (C=O) groups is 1. The first kappa shape index (κ1) is 24.1. The predicted octanol–water partition coefficient (Wildman–Crippen LogP) is 2.30. The Balaban J connectivity index is 0.00000149. The highest BCUT2D eigenvalue weighted by Crippen LogP contribution is 2.26. The van der Waals surface area contributed by atoms with Gasteiger partial charge in [-0.15, -0.1) is 12.8 Å². The molecule has 33 heavy (non-hydrogen) atoms. The van der Waals surface area contributed by atoms with Crippen molar-refractivity contribution in [3.63, 3.8) is 0 Å². The lowest BCUT2D eigenvalue weighted by Crippen LogP contribution is -2.48. The number of ether oxygens (including phenoxy) is 1. The van der Waals surface area contributed by atoms with E-state index >= 15 is 0 Å². The summed E-state index contributed by atoms with van der Waals surface area (Å²) in [5.41, 5.74) is 2.22. The number of hydrogen-bond donors (Lipinski definition) is 1. The molecule has 0 aromatic carbocycles. The summed E-state index contributed by atoms with van der Waals surface area (Å²) in [6.45, 7) is 10.3. The van der Waals surface area contributed by atoms with E-state index in [4.69, 9.17) is 9.72 Å². The summed E-state index contributed by atoms with van der Waals surface area (Å²) in [4.78, 5) is 36.6. The van der Waals surface area contributed by atoms with Crippen molar-refractivity contribution in [2.75, 3.05) is 25.0 Å². The molecule has 1 saturated heterocycles. The number of rotatable bonds is 6. The fraction of sp³-hybridized carbons (Fsp3) is 0.478. The van der Waals surface area contributed by atoms with Crippen molar-refractivity contribution in [1.29, 1.82) is 0 Å². The van der Waals surface area contributed by atoms with E-state index in [1.54, 1.807) is 12.4 Å². The fourth-order valence-corrected chi connectivity index (χ4v) is 3.92. The minimum atomic E-state index is 0.0596. The van der Waals surface area contributed by atoms with Crippen molar-refractivity contribution in [2.24, 2.45) is 0 Å². The van der Waals surface area contributed by atoms with E-state index in [1.165, 1.54) is 6.33 Å². The molecule has 1 N–H and O–H groups in total. The second-order valence-corrected chi connectivity index (χ2v) is 7.83. The van der Waals surface area contributed by atoms with Crippen molar-refractivity contribution >= 4 is 22.9 Å². The van der Waals surface area contributed by atoms with Gasteiger partial charge in [-0.2, -0.15) is 0 Å². The Labute approximate surface area is 193 Å². The van der Waals surface area contributed by atoms with Crippen molar-refractivity contribution in [1.82, 2.24) is 34.4 Å². The van der Waals surface area contributed by atoms with E-state index in [0.717, 1.165) is 17.0 Å². The van der Waals surface area contributed by atoms with Gasteiger partial charge in [0, 0.05) is 45.0 Å². The van der Waals surface area contributed by atoms with Crippen LogP contribution in [0.3, 0.4) is 0 Å². The van der Waals surface area contributed by atoms with E-state index in [2.05, 4.69) is 38.1 Å². The highest BCUT2D eigenvalue weighted by atomic mass is 16.5. The van der Waals surface area contributed by atoms with Crippen molar-refractivity contribution in [2.45, 2.75) is 52.9 Å². The number of fused-ring (bicyclic) bond motifs is 1. The van der Waals surface area contributed by atoms with Crippen LogP contribution < -0.4 is 5.32 Å². The Bertz CT molecular complexity index is 1100. The molecule has 4 rings (SSSR count). The molecule has 0 spiro atoms. The highest BCUT2D eigenvalue weighted by molar-refractivity contribution is 5.86. The van der Waals surface area contributed by atoms with Gasteiger partial charge in [0.15, 0.2) is 17.0 Å². The van der Waals surface area contributed by atoms with E-state index in [0.29, 0.717) is 49.8 Å². The third kappa shape index (κ3) is 5.43. The first-order valence-electron chi connectivity index (χ1n) is 11.0. The minimum absolute atomic E-state index is 0.0596. The van der Waals surface area contributed by atoms with E-state index < -0.39 is 0 Å². The van der Waals surface area contributed by atoms with Crippen LogP contribution in [0.2, 0.25) is 0 Å². The summed E-state index contributed by atoms with van der Waals surface area (Å²) in [6.07, 6.45) is 13.5. The quantitative estimate of drug-likeness (QED) is 0.570. The number of anilines is 1. The van der Waals surface area contributed by atoms with Gasteiger partial charge in [0.2, 0.25) is 5.91 Å². The lowest BCUT2D eigenvalue weighted by atomic mass is 10.2. The summed E-state index contributed by atoms with van der Waals surface area (Å²) in [6, 6.07) is 0. The monoisotopic (exact) mass is 450 g/mol. The number of nitrogens with zero attached hydrogens (tertiary/aromatic N) is 7. The van der Waals surface area contributed by atoms with Crippen LogP contribution in [0.5, 0.6) is 0 Å². The predicted molar refractivity (Wildman–Crippen MR) is 126 cm³/mol. The largest absolute Gasteiger partial charge is 0.372 e. The highest BCUT2D eigenvalue weighted by Gasteiger charge is 2.25. The molecule has 0 unspecified atom stereocenters. The number of nitrogens with one attached hydrogen (secondary N) is 1. The van der Waals surface area contributed by atoms with Crippen LogP contribution in [0.1, 0.15) is 33.0 Å². The number of imidazole rings is 1. The van der Waals surface area contributed by atoms with E-state index in [-0.39, 0.29) is 18.1 Å². The van der Waals surface area contributed by atoms with E-state index in [9.17, 15) is 4.79 Å². The van der Waals surface area contributed by atoms with Crippen LogP contribution in [0.15, 0.2) is 18.7 Å². The van der Waals surface area contributed by atoms with Gasteiger partial charge in [0.25, 0.3) is 0 Å². The molecule has 0 bridgehead atoms. The summed E-state index contributed by atoms with van der Waals surface area (Å²) >= 11 is 0. The fourth-order valence-electron chi connectivity index (χ4n) is 3.92. The summed E-state index contributed by atoms with van der Waals surface area (Å²) in [5.74, 6) is 2.17. The third-order valence-electron chi connectivity index (χ3n) is 5.29. The summed E-state index contributed by atoms with van der Waals surface area (Å²) in [7, 11) is 0. The zero-order valence-electron chi connectivity index (χ0n) is 19.5. The van der Waals surface area contributed by atoms with Crippen molar-refractivity contribution in [3.8, 4) is 24.2 Å². The maximum Gasteiger partial charge on any atom is 0.224 e. The molecule has 0 aliphatic carbocycles. The van der Waals surface area contributed by atoms with Gasteiger partial charge in [0.05, 0.1) is 17.8 Å². The molecule has 1 amide bonds. The average Bonchev–Trinajstić information content (AvgIpc) is 3.19. The number of hydrogen-bond acceptors (Lipinski definition) is 8. The van der Waals surface area contributed by atoms with Gasteiger partial charge in [-0.1, -0.05) is 0 Å². The van der Waals surface area contributed by atoms with E-state index in [1.807, 2.05) is 37.2 Å². The second kappa shape index (κ2) is 10.8. The van der Waals surface area contributed by atoms with Crippen LogP contribution in [0, 0.1) is 19.8 Å². The Kier molecular flexibility index (Phi) is 7.90. The summed E-state index contributed by atoms with van der Waals surface area (Å²) < 4.78 is 7.72. The van der Waals surface area contributed by atoms with Crippen LogP contribution in [-0.4, -0.2) is 72.1 Å². The Morgan fingerprint density at radius 1 is 1.15 bits per heavy atom. The third-order valence-corrected chi connectivity index (χ3v) is 5.29. The molecule has 3 aromatic rings. The first-order valence-corrected chi connectivity index (χ1v) is 11.0. The molecule has 2 atom stereocenters. The van der Waals surface area contributed by atoms with Gasteiger partial charge in [-0.05, 0) is 27.7 Å². The number of carbonyl (C=O) groups excluding carboxylic acids is 1. The molecule has 3 aromatic heterocycles. The number of aryl methyl sites for hydroxylation is 2. The Morgan fingerprint density at radius 2 is 1.82 bits per heavy atom. The van der Waals surface area contributed by atoms with Crippen LogP contribution >= 0.6 is 0 Å². The molecule has 174 valence electrons. The molecule has 10 heteroatoms. The van der Waals surface area contributed by atoms with Crippen molar-refractivity contribution < 1.29 is 9.53 Å². The molecular weight excluding hydrogens is 420 g/mol. The van der Waals surface area contributed by atoms with Gasteiger partial charge >= 0.3 is 0 Å². The van der Waals surface area contributed by atoms with Gasteiger partial charge in [-0.25, -0.2) is 24.9 Å². The molecule has 1 aliphatic heterocycles. The van der Waals surface area contributed by atoms with Crippen molar-refractivity contribution in [3.05, 3.63) is 24.5 Å². The normalized spacial score (nSPS) is 17.9. The molecular formula is C23H30N8O2. The smallest absolute Gasteiger partial charge is 0.224 e. The Hall–Kier alpha value is -3.58. The second-order valence-electron chi connectivity index (χ2n) is 7.83. The average molecular weight is 451 g/mol. The number of morpholine rings is 1. The standard InChI is InChI=1S/C21H28N8O2.C2H2/c1-5-29-20(16-8-23-15(4)24-9-16)27-18-19(25-12-26-21(18)29)22-7-6-17(30)28-10-13(2)31-14(3)11-28;1-2/h8-9,12-14H,5-7,10-11H2,1-4H3,(H,22,25,26);1-2H/t13-,14+;. The minimum Gasteiger partial charge on any atom is -0.372 e. The molecule has 0 saturated carbocycles. The zero-order valence-corrected chi connectivity index (χ0v) is 19.5. The van der Waals surface area contributed by atoms with Crippen LogP contribution in [-0.2, 0) is 16.1 Å². The number of amides is 1. The molecule has 1 aliphatic rings. The number of terminal acetylenes is 1. The zero-order chi connectivity index (χ0) is 24.0. The Morgan fingerprint density at radius 3 is 2.45 bits per heavy atom. The SMILES string of the molecule is C#C.CCn1c(-c2cnc(C)nc2)nc2c(NCCC(=O)N3C[C@@H](C)O[C@@H](C)C3)ncnc21. The topological polar surface area (TPSA) is 111 Å². The molecule has 0 radical (unpaired) electrons. The first-order chi connectivity index (χ1) is 16.0. The van der Waals surface area contributed by atoms with Crippen LogP contribution in [0.4, 0.5) is 5.82 Å². The molecule has 10 nitrogen and oxygen atoms in total. The van der Waals surface area contributed by atoms with Gasteiger partial charge in [0.1, 0.15) is 18.0 Å². The lowest BCUT2D eigenvalue weighted by molar-refractivity contribution is -0.142. The summed E-state index contributed by atoms with van der Waals surface area (Å²) in [5, 5.41) is 3.27. The number of aromatic nitrogens is 6. The molecule has 1 fully saturated rings. The van der Waals surface area contributed by atoms with Gasteiger partial charge < -0.3 is 19.5 Å². The lowest BCUT2D eigenvalue weighted by Gasteiger charge is -2.35. The van der Waals surface area contributed by atoms with Crippen LogP contribution in [0.25, 0.3) is 22.6 Å². The molecule has 4 heterocycles. The maximum atomic E-state index is 12.6. The van der Waals surface area contributed by atoms with Gasteiger partial charge in [-0.3, -0.25) is 4.79 Å².